The Morgan fingerprint density at radius 3 is 3.04 bits per heavy atom. The molecule has 5 nitrogen and oxygen atoms in total. The highest BCUT2D eigenvalue weighted by atomic mass is 32.2. The summed E-state index contributed by atoms with van der Waals surface area (Å²) in [5, 5.41) is 5.73. The summed E-state index contributed by atoms with van der Waals surface area (Å²) in [5.74, 6) is 2.53. The van der Waals surface area contributed by atoms with Gasteiger partial charge >= 0.3 is 0 Å². The quantitative estimate of drug-likeness (QED) is 0.799. The van der Waals surface area contributed by atoms with Crippen molar-refractivity contribution >= 4 is 29.3 Å². The van der Waals surface area contributed by atoms with E-state index in [0.29, 0.717) is 24.9 Å². The van der Waals surface area contributed by atoms with Gasteiger partial charge in [-0.1, -0.05) is 0 Å². The summed E-state index contributed by atoms with van der Waals surface area (Å²) < 4.78 is 5.25. The predicted molar refractivity (Wildman–Crippen MR) is 90.6 cm³/mol. The van der Waals surface area contributed by atoms with Gasteiger partial charge in [0.15, 0.2) is 0 Å². The molecular formula is C17H18N2O3S. The standard InChI is InChI=1S/C17H18N2O3S/c20-16-6-4-12-10-13(3-5-15(12)19-16)17(21)18-7-9-23-11-14-2-1-8-22-14/h1-3,5,8,10H,4,6-7,9,11H2,(H,18,21)(H,19,20). The fourth-order valence-electron chi connectivity index (χ4n) is 2.43. The molecule has 0 saturated heterocycles. The summed E-state index contributed by atoms with van der Waals surface area (Å²) >= 11 is 1.72. The van der Waals surface area contributed by atoms with E-state index in [4.69, 9.17) is 4.42 Å². The van der Waals surface area contributed by atoms with Gasteiger partial charge in [0.2, 0.25) is 5.91 Å². The molecular weight excluding hydrogens is 312 g/mol. The van der Waals surface area contributed by atoms with Crippen LogP contribution in [0.1, 0.15) is 28.1 Å². The van der Waals surface area contributed by atoms with Crippen LogP contribution >= 0.6 is 11.8 Å². The molecule has 2 heterocycles. The molecule has 1 aliphatic heterocycles. The number of rotatable bonds is 6. The van der Waals surface area contributed by atoms with E-state index in [2.05, 4.69) is 10.6 Å². The van der Waals surface area contributed by atoms with Crippen molar-refractivity contribution in [1.29, 1.82) is 0 Å². The lowest BCUT2D eigenvalue weighted by molar-refractivity contribution is -0.116. The second kappa shape index (κ2) is 7.37. The molecule has 0 atom stereocenters. The van der Waals surface area contributed by atoms with E-state index < -0.39 is 0 Å². The van der Waals surface area contributed by atoms with E-state index in [0.717, 1.165) is 28.5 Å². The van der Waals surface area contributed by atoms with Crippen LogP contribution < -0.4 is 10.6 Å². The third-order valence-corrected chi connectivity index (χ3v) is 4.60. The number of hydrogen-bond acceptors (Lipinski definition) is 4. The minimum Gasteiger partial charge on any atom is -0.468 e. The zero-order chi connectivity index (χ0) is 16.1. The first-order chi connectivity index (χ1) is 11.2. The fraction of sp³-hybridized carbons (Fsp3) is 0.294. The first kappa shape index (κ1) is 15.7. The number of benzene rings is 1. The summed E-state index contributed by atoms with van der Waals surface area (Å²) in [6.07, 6.45) is 2.82. The lowest BCUT2D eigenvalue weighted by Crippen LogP contribution is -2.26. The molecule has 0 unspecified atom stereocenters. The van der Waals surface area contributed by atoms with Crippen molar-refractivity contribution in [1.82, 2.24) is 5.32 Å². The average molecular weight is 330 g/mol. The maximum Gasteiger partial charge on any atom is 0.251 e. The Balaban J connectivity index is 1.46. The van der Waals surface area contributed by atoms with Crippen molar-refractivity contribution in [2.45, 2.75) is 18.6 Å². The zero-order valence-corrected chi connectivity index (χ0v) is 13.4. The minimum atomic E-state index is -0.0803. The zero-order valence-electron chi connectivity index (χ0n) is 12.6. The molecule has 1 aromatic heterocycles. The first-order valence-electron chi connectivity index (χ1n) is 7.53. The van der Waals surface area contributed by atoms with Crippen molar-refractivity contribution in [3.8, 4) is 0 Å². The van der Waals surface area contributed by atoms with Crippen LogP contribution in [0.25, 0.3) is 0 Å². The third kappa shape index (κ3) is 4.16. The molecule has 0 fully saturated rings. The molecule has 120 valence electrons. The van der Waals surface area contributed by atoms with Gasteiger partial charge in [0.05, 0.1) is 12.0 Å². The molecule has 0 bridgehead atoms. The van der Waals surface area contributed by atoms with Gasteiger partial charge in [0.1, 0.15) is 5.76 Å². The number of furan rings is 1. The van der Waals surface area contributed by atoms with Gasteiger partial charge in [0.25, 0.3) is 5.91 Å². The van der Waals surface area contributed by atoms with Gasteiger partial charge in [-0.15, -0.1) is 0 Å². The van der Waals surface area contributed by atoms with Crippen molar-refractivity contribution < 1.29 is 14.0 Å². The molecule has 2 amide bonds. The molecule has 3 rings (SSSR count). The van der Waals surface area contributed by atoms with E-state index in [9.17, 15) is 9.59 Å². The molecule has 2 aromatic rings. The molecule has 0 spiro atoms. The molecule has 0 saturated carbocycles. The largest absolute Gasteiger partial charge is 0.468 e. The van der Waals surface area contributed by atoms with Crippen LogP contribution in [0.5, 0.6) is 0 Å². The Labute approximate surface area is 138 Å². The molecule has 2 N–H and O–H groups in total. The van der Waals surface area contributed by atoms with E-state index in [-0.39, 0.29) is 11.8 Å². The lowest BCUT2D eigenvalue weighted by Gasteiger charge is -2.17. The average Bonchev–Trinajstić information content (AvgIpc) is 3.07. The summed E-state index contributed by atoms with van der Waals surface area (Å²) in [6.45, 7) is 0.609. The van der Waals surface area contributed by atoms with E-state index >= 15 is 0 Å². The van der Waals surface area contributed by atoms with Crippen LogP contribution in [-0.2, 0) is 17.0 Å². The second-order valence-corrected chi connectivity index (χ2v) is 6.41. The number of anilines is 1. The SMILES string of the molecule is O=C1CCc2cc(C(=O)NCCSCc3ccco3)ccc2N1. The van der Waals surface area contributed by atoms with E-state index in [1.807, 2.05) is 18.2 Å². The Kier molecular flexibility index (Phi) is 5.02. The van der Waals surface area contributed by atoms with Gasteiger partial charge in [-0.25, -0.2) is 0 Å². The molecule has 1 aliphatic rings. The highest BCUT2D eigenvalue weighted by Crippen LogP contribution is 2.23. The maximum atomic E-state index is 12.2. The molecule has 0 aliphatic carbocycles. The Bertz CT molecular complexity index is 698. The van der Waals surface area contributed by atoms with Crippen LogP contribution in [0.2, 0.25) is 0 Å². The third-order valence-electron chi connectivity index (χ3n) is 3.62. The number of carbonyl (C=O) groups is 2. The first-order valence-corrected chi connectivity index (χ1v) is 8.69. The van der Waals surface area contributed by atoms with Gasteiger partial charge in [0, 0.05) is 30.0 Å². The van der Waals surface area contributed by atoms with Crippen molar-refractivity contribution in [2.24, 2.45) is 0 Å². The Hall–Kier alpha value is -2.21. The topological polar surface area (TPSA) is 71.3 Å². The normalized spacial score (nSPS) is 13.3. The van der Waals surface area contributed by atoms with Crippen molar-refractivity contribution in [3.05, 3.63) is 53.5 Å². The van der Waals surface area contributed by atoms with Gasteiger partial charge < -0.3 is 15.1 Å². The van der Waals surface area contributed by atoms with Crippen LogP contribution in [-0.4, -0.2) is 24.1 Å². The highest BCUT2D eigenvalue weighted by Gasteiger charge is 2.16. The molecule has 0 radical (unpaired) electrons. The molecule has 6 heteroatoms. The Morgan fingerprint density at radius 2 is 2.22 bits per heavy atom. The predicted octanol–water partition coefficient (Wildman–Crippen LogP) is 2.83. The minimum absolute atomic E-state index is 0.0308. The maximum absolute atomic E-state index is 12.2. The smallest absolute Gasteiger partial charge is 0.251 e. The fourth-order valence-corrected chi connectivity index (χ4v) is 3.19. The summed E-state index contributed by atoms with van der Waals surface area (Å²) in [7, 11) is 0. The summed E-state index contributed by atoms with van der Waals surface area (Å²) in [5.41, 5.74) is 2.46. The van der Waals surface area contributed by atoms with E-state index in [1.165, 1.54) is 0 Å². The van der Waals surface area contributed by atoms with Gasteiger partial charge in [-0.2, -0.15) is 11.8 Å². The number of carbonyl (C=O) groups excluding carboxylic acids is 2. The second-order valence-electron chi connectivity index (χ2n) is 5.31. The van der Waals surface area contributed by atoms with Crippen LogP contribution in [0, 0.1) is 0 Å². The van der Waals surface area contributed by atoms with Crippen molar-refractivity contribution in [2.75, 3.05) is 17.6 Å². The van der Waals surface area contributed by atoms with Crippen LogP contribution in [0.15, 0.2) is 41.0 Å². The van der Waals surface area contributed by atoms with Crippen LogP contribution in [0.4, 0.5) is 5.69 Å². The highest BCUT2D eigenvalue weighted by molar-refractivity contribution is 7.98. The monoisotopic (exact) mass is 330 g/mol. The summed E-state index contributed by atoms with van der Waals surface area (Å²) in [4.78, 5) is 23.5. The molecule has 23 heavy (non-hydrogen) atoms. The van der Waals surface area contributed by atoms with E-state index in [1.54, 1.807) is 30.2 Å². The number of nitrogens with one attached hydrogen (secondary N) is 2. The number of hydrogen-bond donors (Lipinski definition) is 2. The number of amides is 2. The van der Waals surface area contributed by atoms with Gasteiger partial charge in [-0.05, 0) is 42.3 Å². The van der Waals surface area contributed by atoms with Crippen LogP contribution in [0.3, 0.4) is 0 Å². The summed E-state index contributed by atoms with van der Waals surface area (Å²) in [6, 6.07) is 9.22. The van der Waals surface area contributed by atoms with Gasteiger partial charge in [-0.3, -0.25) is 9.59 Å². The lowest BCUT2D eigenvalue weighted by atomic mass is 10.00. The molecule has 1 aromatic carbocycles. The Morgan fingerprint density at radius 1 is 1.30 bits per heavy atom. The number of thioether (sulfide) groups is 1. The number of aryl methyl sites for hydroxylation is 1. The van der Waals surface area contributed by atoms with Crippen molar-refractivity contribution in [3.63, 3.8) is 0 Å². The number of fused-ring (bicyclic) bond motifs is 1.